The Labute approximate surface area is 85.7 Å². The summed E-state index contributed by atoms with van der Waals surface area (Å²) in [5.41, 5.74) is 1.41. The number of hydrogen-bond donors (Lipinski definition) is 0. The zero-order chi connectivity index (χ0) is 9.38. The first kappa shape index (κ1) is 8.34. The van der Waals surface area contributed by atoms with Gasteiger partial charge >= 0.3 is 0 Å². The molecule has 2 bridgehead atoms. The summed E-state index contributed by atoms with van der Waals surface area (Å²) in [5.74, 6) is 0. The van der Waals surface area contributed by atoms with E-state index in [0.717, 1.165) is 12.1 Å². The van der Waals surface area contributed by atoms with Crippen molar-refractivity contribution in [2.24, 2.45) is 0 Å². The first-order chi connectivity index (χ1) is 6.95. The van der Waals surface area contributed by atoms with E-state index >= 15 is 0 Å². The van der Waals surface area contributed by atoms with Gasteiger partial charge in [0.05, 0.1) is 0 Å². The highest BCUT2D eigenvalue weighted by molar-refractivity contribution is 5.49. The quantitative estimate of drug-likeness (QED) is 0.651. The molecule has 0 saturated carbocycles. The normalized spacial score (nSPS) is 30.7. The van der Waals surface area contributed by atoms with Gasteiger partial charge in [0.2, 0.25) is 0 Å². The van der Waals surface area contributed by atoms with Gasteiger partial charge in [-0.1, -0.05) is 12.1 Å². The van der Waals surface area contributed by atoms with E-state index in [-0.39, 0.29) is 0 Å². The van der Waals surface area contributed by atoms with Gasteiger partial charge in [-0.3, -0.25) is 0 Å². The molecule has 0 amide bonds. The van der Waals surface area contributed by atoms with Gasteiger partial charge in [0.25, 0.3) is 0 Å². The topological polar surface area (TPSA) is 3.24 Å². The Hall–Kier alpha value is -0.980. The third-order valence-electron chi connectivity index (χ3n) is 3.69. The minimum absolute atomic E-state index is 0.830. The predicted molar refractivity (Wildman–Crippen MR) is 58.4 cm³/mol. The van der Waals surface area contributed by atoms with Crippen LogP contribution in [0.25, 0.3) is 0 Å². The fourth-order valence-corrected chi connectivity index (χ4v) is 3.09. The number of fused-ring (bicyclic) bond motifs is 2. The highest BCUT2D eigenvalue weighted by Gasteiger charge is 2.36. The van der Waals surface area contributed by atoms with Crippen molar-refractivity contribution < 1.29 is 0 Å². The Morgan fingerprint density at radius 2 is 1.64 bits per heavy atom. The molecule has 1 aromatic rings. The number of rotatable bonds is 1. The van der Waals surface area contributed by atoms with Crippen LogP contribution in [0.4, 0.5) is 5.69 Å². The maximum Gasteiger partial charge on any atom is 0.0371 e. The average Bonchev–Trinajstić information content (AvgIpc) is 2.50. The molecule has 0 spiro atoms. The number of piperidine rings is 1. The van der Waals surface area contributed by atoms with Gasteiger partial charge in [0.15, 0.2) is 0 Å². The molecule has 1 nitrogen and oxygen atoms in total. The summed E-state index contributed by atoms with van der Waals surface area (Å²) in [6.07, 6.45) is 7.04. The zero-order valence-corrected chi connectivity index (χ0v) is 8.45. The van der Waals surface area contributed by atoms with Crippen LogP contribution in [0, 0.1) is 6.07 Å². The fraction of sp³-hybridized carbons (Fsp3) is 0.538. The van der Waals surface area contributed by atoms with Gasteiger partial charge in [-0.25, -0.2) is 0 Å². The number of anilines is 1. The summed E-state index contributed by atoms with van der Waals surface area (Å²) in [7, 11) is 0. The second-order valence-electron chi connectivity index (χ2n) is 4.48. The van der Waals surface area contributed by atoms with Crippen molar-refractivity contribution >= 4 is 5.69 Å². The van der Waals surface area contributed by atoms with Crippen LogP contribution in [0.1, 0.15) is 32.1 Å². The maximum absolute atomic E-state index is 3.10. The lowest BCUT2D eigenvalue weighted by Crippen LogP contribution is -2.39. The van der Waals surface area contributed by atoms with Crippen molar-refractivity contribution in [1.82, 2.24) is 0 Å². The van der Waals surface area contributed by atoms with E-state index in [1.807, 2.05) is 12.1 Å². The Morgan fingerprint density at radius 1 is 1.00 bits per heavy atom. The molecule has 14 heavy (non-hydrogen) atoms. The predicted octanol–water partition coefficient (Wildman–Crippen LogP) is 3.01. The van der Waals surface area contributed by atoms with Crippen molar-refractivity contribution in [2.75, 3.05) is 4.90 Å². The molecule has 2 unspecified atom stereocenters. The summed E-state index contributed by atoms with van der Waals surface area (Å²) < 4.78 is 0. The SMILES string of the molecule is [c]1ccc(N2C3CCCC2CC3)cc1. The molecule has 1 radical (unpaired) electrons. The van der Waals surface area contributed by atoms with Gasteiger partial charge in [0.1, 0.15) is 0 Å². The number of hydrogen-bond acceptors (Lipinski definition) is 1. The summed E-state index contributed by atoms with van der Waals surface area (Å²) in [6.45, 7) is 0. The Kier molecular flexibility index (Phi) is 1.97. The molecular weight excluding hydrogens is 170 g/mol. The minimum Gasteiger partial charge on any atom is -0.366 e. The molecule has 1 heteroatoms. The van der Waals surface area contributed by atoms with Crippen molar-refractivity contribution in [3.63, 3.8) is 0 Å². The third kappa shape index (κ3) is 1.23. The van der Waals surface area contributed by atoms with E-state index in [0.29, 0.717) is 0 Å². The Balaban J connectivity index is 1.92. The molecule has 2 atom stereocenters. The van der Waals surface area contributed by atoms with Gasteiger partial charge < -0.3 is 4.90 Å². The van der Waals surface area contributed by atoms with E-state index in [1.165, 1.54) is 37.8 Å². The molecule has 2 saturated heterocycles. The van der Waals surface area contributed by atoms with Crippen LogP contribution < -0.4 is 4.90 Å². The lowest BCUT2D eigenvalue weighted by Gasteiger charge is -2.36. The molecular formula is C13H16N. The molecule has 0 N–H and O–H groups in total. The van der Waals surface area contributed by atoms with Crippen LogP contribution in [0.15, 0.2) is 24.3 Å². The highest BCUT2D eigenvalue weighted by Crippen LogP contribution is 2.38. The Morgan fingerprint density at radius 3 is 2.29 bits per heavy atom. The smallest absolute Gasteiger partial charge is 0.0371 e. The molecule has 2 aliphatic rings. The van der Waals surface area contributed by atoms with Crippen LogP contribution in [0.5, 0.6) is 0 Å². The minimum atomic E-state index is 0.830. The first-order valence-electron chi connectivity index (χ1n) is 5.69. The maximum atomic E-state index is 3.10. The van der Waals surface area contributed by atoms with Crippen molar-refractivity contribution in [1.29, 1.82) is 0 Å². The van der Waals surface area contributed by atoms with Gasteiger partial charge in [-0.05, 0) is 50.3 Å². The van der Waals surface area contributed by atoms with Crippen molar-refractivity contribution in [3.05, 3.63) is 30.3 Å². The molecule has 3 rings (SSSR count). The highest BCUT2D eigenvalue weighted by atomic mass is 15.2. The standard InChI is InChI=1S/C13H16N/c1-2-5-11(6-3-1)14-12-7-4-8-13(14)10-9-12/h2-3,5-6,12-13H,4,7-10H2. The Bertz CT molecular complexity index is 290. The van der Waals surface area contributed by atoms with Gasteiger partial charge in [-0.15, -0.1) is 0 Å². The van der Waals surface area contributed by atoms with Crippen molar-refractivity contribution in [2.45, 2.75) is 44.2 Å². The largest absolute Gasteiger partial charge is 0.366 e. The summed E-state index contributed by atoms with van der Waals surface area (Å²) in [5, 5.41) is 0. The lowest BCUT2D eigenvalue weighted by atomic mass is 10.0. The second-order valence-corrected chi connectivity index (χ2v) is 4.48. The first-order valence-corrected chi connectivity index (χ1v) is 5.69. The third-order valence-corrected chi connectivity index (χ3v) is 3.69. The lowest BCUT2D eigenvalue weighted by molar-refractivity contribution is 0.468. The van der Waals surface area contributed by atoms with Crippen LogP contribution in [-0.2, 0) is 0 Å². The molecule has 0 aromatic heterocycles. The van der Waals surface area contributed by atoms with Crippen LogP contribution >= 0.6 is 0 Å². The van der Waals surface area contributed by atoms with E-state index in [1.54, 1.807) is 0 Å². The van der Waals surface area contributed by atoms with Gasteiger partial charge in [0, 0.05) is 17.8 Å². The van der Waals surface area contributed by atoms with Crippen molar-refractivity contribution in [3.8, 4) is 0 Å². The van der Waals surface area contributed by atoms with E-state index in [2.05, 4.69) is 23.1 Å². The van der Waals surface area contributed by atoms with Crippen LogP contribution in [-0.4, -0.2) is 12.1 Å². The van der Waals surface area contributed by atoms with E-state index in [4.69, 9.17) is 0 Å². The van der Waals surface area contributed by atoms with E-state index in [9.17, 15) is 0 Å². The zero-order valence-electron chi connectivity index (χ0n) is 8.45. The van der Waals surface area contributed by atoms with E-state index < -0.39 is 0 Å². The molecule has 2 fully saturated rings. The fourth-order valence-electron chi connectivity index (χ4n) is 3.09. The number of benzene rings is 1. The summed E-state index contributed by atoms with van der Waals surface area (Å²) >= 11 is 0. The summed E-state index contributed by atoms with van der Waals surface area (Å²) in [4.78, 5) is 2.65. The number of nitrogens with zero attached hydrogens (tertiary/aromatic N) is 1. The van der Waals surface area contributed by atoms with Gasteiger partial charge in [-0.2, -0.15) is 0 Å². The summed E-state index contributed by atoms with van der Waals surface area (Å²) in [6, 6.07) is 13.2. The molecule has 1 aromatic carbocycles. The van der Waals surface area contributed by atoms with Crippen LogP contribution in [0.3, 0.4) is 0 Å². The average molecular weight is 186 g/mol. The monoisotopic (exact) mass is 186 g/mol. The molecule has 73 valence electrons. The second kappa shape index (κ2) is 3.30. The molecule has 2 aliphatic heterocycles. The van der Waals surface area contributed by atoms with Crippen LogP contribution in [0.2, 0.25) is 0 Å². The molecule has 2 heterocycles. The molecule has 0 aliphatic carbocycles.